The van der Waals surface area contributed by atoms with Crippen molar-refractivity contribution in [1.82, 2.24) is 0 Å². The molecular weight excluding hydrogens is 248 g/mol. The number of hydrogen-bond acceptors (Lipinski definition) is 2. The predicted octanol–water partition coefficient (Wildman–Crippen LogP) is 3.72. The van der Waals surface area contributed by atoms with E-state index < -0.39 is 0 Å². The maximum absolute atomic E-state index is 7.55. The maximum atomic E-state index is 7.55. The highest BCUT2D eigenvalue weighted by molar-refractivity contribution is 6.30. The summed E-state index contributed by atoms with van der Waals surface area (Å²) in [6, 6.07) is 12.6. The van der Waals surface area contributed by atoms with Crippen molar-refractivity contribution in [2.45, 2.75) is 6.92 Å². The van der Waals surface area contributed by atoms with E-state index in [0.29, 0.717) is 22.1 Å². The van der Waals surface area contributed by atoms with Crippen molar-refractivity contribution in [3.63, 3.8) is 0 Å². The molecule has 0 aliphatic carbocycles. The SMILES string of the molecule is Cc1cccc(C(=N)N)c1Oc1cccc(Cl)c1. The van der Waals surface area contributed by atoms with Crippen molar-refractivity contribution in [2.75, 3.05) is 0 Å². The Morgan fingerprint density at radius 1 is 1.22 bits per heavy atom. The third-order valence-corrected chi connectivity index (χ3v) is 2.75. The third-order valence-electron chi connectivity index (χ3n) is 2.52. The van der Waals surface area contributed by atoms with Gasteiger partial charge in [0.15, 0.2) is 0 Å². The minimum atomic E-state index is -0.0178. The van der Waals surface area contributed by atoms with Gasteiger partial charge >= 0.3 is 0 Å². The number of rotatable bonds is 3. The molecule has 2 rings (SSSR count). The molecule has 0 fully saturated rings. The number of nitrogen functional groups attached to an aromatic ring is 1. The van der Waals surface area contributed by atoms with Gasteiger partial charge in [-0.1, -0.05) is 29.8 Å². The molecule has 18 heavy (non-hydrogen) atoms. The summed E-state index contributed by atoms with van der Waals surface area (Å²) in [7, 11) is 0. The van der Waals surface area contributed by atoms with Crippen LogP contribution in [0.1, 0.15) is 11.1 Å². The molecule has 3 nitrogen and oxygen atoms in total. The summed E-state index contributed by atoms with van der Waals surface area (Å²) in [6.07, 6.45) is 0. The van der Waals surface area contributed by atoms with E-state index in [2.05, 4.69) is 0 Å². The van der Waals surface area contributed by atoms with Gasteiger partial charge in [-0.05, 0) is 36.8 Å². The summed E-state index contributed by atoms with van der Waals surface area (Å²) in [6.45, 7) is 1.91. The molecule has 0 bridgehead atoms. The molecule has 0 unspecified atom stereocenters. The zero-order valence-corrected chi connectivity index (χ0v) is 10.7. The number of hydrogen-bond donors (Lipinski definition) is 2. The first-order valence-corrected chi connectivity index (χ1v) is 5.83. The van der Waals surface area contributed by atoms with Crippen LogP contribution in [-0.2, 0) is 0 Å². The van der Waals surface area contributed by atoms with Crippen molar-refractivity contribution in [3.05, 3.63) is 58.6 Å². The second-order valence-electron chi connectivity index (χ2n) is 3.92. The number of ether oxygens (including phenoxy) is 1. The molecule has 0 heterocycles. The van der Waals surface area contributed by atoms with Crippen LogP contribution >= 0.6 is 11.6 Å². The van der Waals surface area contributed by atoms with Gasteiger partial charge in [-0.15, -0.1) is 0 Å². The second-order valence-corrected chi connectivity index (χ2v) is 4.36. The fourth-order valence-electron chi connectivity index (χ4n) is 1.65. The molecule has 2 aromatic rings. The molecule has 92 valence electrons. The molecule has 0 atom stereocenters. The van der Waals surface area contributed by atoms with Gasteiger partial charge in [0, 0.05) is 5.02 Å². The van der Waals surface area contributed by atoms with E-state index in [-0.39, 0.29) is 5.84 Å². The Bertz CT molecular complexity index is 596. The van der Waals surface area contributed by atoms with Crippen LogP contribution in [0.25, 0.3) is 0 Å². The van der Waals surface area contributed by atoms with Crippen LogP contribution in [0.5, 0.6) is 11.5 Å². The van der Waals surface area contributed by atoms with Crippen molar-refractivity contribution in [3.8, 4) is 11.5 Å². The first-order chi connectivity index (χ1) is 8.58. The molecule has 0 aromatic heterocycles. The van der Waals surface area contributed by atoms with Gasteiger partial charge in [0.1, 0.15) is 17.3 Å². The molecule has 0 radical (unpaired) electrons. The summed E-state index contributed by atoms with van der Waals surface area (Å²) < 4.78 is 5.78. The molecule has 4 heteroatoms. The average molecular weight is 261 g/mol. The summed E-state index contributed by atoms with van der Waals surface area (Å²) >= 11 is 5.91. The molecule has 2 aromatic carbocycles. The zero-order valence-electron chi connectivity index (χ0n) is 9.91. The highest BCUT2D eigenvalue weighted by Gasteiger charge is 2.10. The van der Waals surface area contributed by atoms with Gasteiger partial charge in [0.25, 0.3) is 0 Å². The Labute approximate surface area is 111 Å². The number of aryl methyl sites for hydroxylation is 1. The number of nitrogens with one attached hydrogen (secondary N) is 1. The molecule has 0 amide bonds. The number of amidine groups is 1. The van der Waals surface area contributed by atoms with Crippen LogP contribution in [0.15, 0.2) is 42.5 Å². The topological polar surface area (TPSA) is 59.1 Å². The van der Waals surface area contributed by atoms with Crippen LogP contribution in [0.2, 0.25) is 5.02 Å². The third kappa shape index (κ3) is 2.63. The lowest BCUT2D eigenvalue weighted by molar-refractivity contribution is 0.478. The molecule has 0 aliphatic heterocycles. The normalized spacial score (nSPS) is 10.1. The van der Waals surface area contributed by atoms with E-state index in [1.807, 2.05) is 31.2 Å². The first-order valence-electron chi connectivity index (χ1n) is 5.45. The summed E-state index contributed by atoms with van der Waals surface area (Å²) in [5.41, 5.74) is 7.04. The van der Waals surface area contributed by atoms with Crippen molar-refractivity contribution < 1.29 is 4.74 Å². The van der Waals surface area contributed by atoms with Gasteiger partial charge in [0.05, 0.1) is 5.56 Å². The van der Waals surface area contributed by atoms with Crippen molar-refractivity contribution >= 4 is 17.4 Å². The van der Waals surface area contributed by atoms with E-state index in [1.54, 1.807) is 18.2 Å². The average Bonchev–Trinajstić information content (AvgIpc) is 2.31. The predicted molar refractivity (Wildman–Crippen MR) is 73.7 cm³/mol. The van der Waals surface area contributed by atoms with Crippen LogP contribution in [0, 0.1) is 12.3 Å². The molecular formula is C14H13ClN2O. The highest BCUT2D eigenvalue weighted by Crippen LogP contribution is 2.29. The Kier molecular flexibility index (Phi) is 3.53. The number of para-hydroxylation sites is 1. The van der Waals surface area contributed by atoms with Gasteiger partial charge in [-0.3, -0.25) is 5.41 Å². The number of benzene rings is 2. The standard InChI is InChI=1S/C14H13ClN2O/c1-9-4-2-7-12(14(16)17)13(9)18-11-6-3-5-10(15)8-11/h2-8H,1H3,(H3,16,17). The van der Waals surface area contributed by atoms with Gasteiger partial charge in [-0.25, -0.2) is 0 Å². The fourth-order valence-corrected chi connectivity index (χ4v) is 1.83. The fraction of sp³-hybridized carbons (Fsp3) is 0.0714. The maximum Gasteiger partial charge on any atom is 0.141 e. The van der Waals surface area contributed by atoms with Gasteiger partial charge < -0.3 is 10.5 Å². The van der Waals surface area contributed by atoms with E-state index in [4.69, 9.17) is 27.5 Å². The lowest BCUT2D eigenvalue weighted by Gasteiger charge is -2.13. The minimum absolute atomic E-state index is 0.0178. The van der Waals surface area contributed by atoms with Gasteiger partial charge in [-0.2, -0.15) is 0 Å². The Morgan fingerprint density at radius 2 is 1.94 bits per heavy atom. The van der Waals surface area contributed by atoms with Crippen LogP contribution in [0.3, 0.4) is 0 Å². The van der Waals surface area contributed by atoms with E-state index in [1.165, 1.54) is 0 Å². The number of halogens is 1. The van der Waals surface area contributed by atoms with Gasteiger partial charge in [0.2, 0.25) is 0 Å². The number of nitrogens with two attached hydrogens (primary N) is 1. The van der Waals surface area contributed by atoms with Crippen LogP contribution in [-0.4, -0.2) is 5.84 Å². The molecule has 0 saturated carbocycles. The monoisotopic (exact) mass is 260 g/mol. The van der Waals surface area contributed by atoms with E-state index in [9.17, 15) is 0 Å². The van der Waals surface area contributed by atoms with E-state index in [0.717, 1.165) is 5.56 Å². The Morgan fingerprint density at radius 3 is 2.61 bits per heavy atom. The lowest BCUT2D eigenvalue weighted by atomic mass is 10.1. The van der Waals surface area contributed by atoms with Crippen molar-refractivity contribution in [1.29, 1.82) is 5.41 Å². The highest BCUT2D eigenvalue weighted by atomic mass is 35.5. The van der Waals surface area contributed by atoms with Crippen LogP contribution in [0.4, 0.5) is 0 Å². The molecule has 0 saturated heterocycles. The second kappa shape index (κ2) is 5.10. The quantitative estimate of drug-likeness (QED) is 0.653. The zero-order chi connectivity index (χ0) is 13.1. The Hall–Kier alpha value is -2.00. The Balaban J connectivity index is 2.42. The lowest BCUT2D eigenvalue weighted by Crippen LogP contribution is -2.12. The first kappa shape index (κ1) is 12.5. The van der Waals surface area contributed by atoms with E-state index >= 15 is 0 Å². The summed E-state index contributed by atoms with van der Waals surface area (Å²) in [5.74, 6) is 1.20. The molecule has 0 spiro atoms. The summed E-state index contributed by atoms with van der Waals surface area (Å²) in [5, 5.41) is 8.15. The molecule has 3 N–H and O–H groups in total. The van der Waals surface area contributed by atoms with Crippen LogP contribution < -0.4 is 10.5 Å². The largest absolute Gasteiger partial charge is 0.456 e. The molecule has 0 aliphatic rings. The summed E-state index contributed by atoms with van der Waals surface area (Å²) in [4.78, 5) is 0. The van der Waals surface area contributed by atoms with Crippen molar-refractivity contribution in [2.24, 2.45) is 5.73 Å². The smallest absolute Gasteiger partial charge is 0.141 e. The minimum Gasteiger partial charge on any atom is -0.456 e.